The minimum absolute atomic E-state index is 0. The van der Waals surface area contributed by atoms with Crippen LogP contribution in [0.15, 0.2) is 12.2 Å². The summed E-state index contributed by atoms with van der Waals surface area (Å²) in [6.07, 6.45) is 5.14. The Morgan fingerprint density at radius 2 is 1.71 bits per heavy atom. The first-order valence-corrected chi connectivity index (χ1v) is 2.06. The summed E-state index contributed by atoms with van der Waals surface area (Å²) < 4.78 is 0. The zero-order valence-corrected chi connectivity index (χ0v) is 3.48. The monoisotopic (exact) mass is 98.1 g/mol. The molecule has 0 amide bonds. The number of hydrogen-bond donors (Lipinski definition) is 0. The van der Waals surface area contributed by atoms with Gasteiger partial charge in [0, 0.05) is 12.8 Å². The molecular weight excluding hydrogens is 88.1 g/mol. The number of carbonyl (C=O) groups excluding carboxylic acids is 1. The molecule has 0 radical (unpaired) electrons. The van der Waals surface area contributed by atoms with Crippen LogP contribution in [-0.2, 0) is 4.79 Å². The van der Waals surface area contributed by atoms with Crippen molar-refractivity contribution in [2.24, 2.45) is 0 Å². The third kappa shape index (κ3) is 1.53. The number of hydrogen-bond acceptors (Lipinski definition) is 1. The molecule has 7 heavy (non-hydrogen) atoms. The quantitative estimate of drug-likeness (QED) is 0.420. The van der Waals surface area contributed by atoms with Crippen molar-refractivity contribution in [3.63, 3.8) is 0 Å². The SMILES string of the molecule is C.O=C1CC=CC1. The second-order valence-corrected chi connectivity index (χ2v) is 1.42. The van der Waals surface area contributed by atoms with E-state index in [1.54, 1.807) is 0 Å². The number of rotatable bonds is 0. The molecule has 0 N–H and O–H groups in total. The molecule has 40 valence electrons. The molecule has 0 spiro atoms. The maximum absolute atomic E-state index is 10.2. The van der Waals surface area contributed by atoms with E-state index in [0.29, 0.717) is 18.6 Å². The van der Waals surface area contributed by atoms with Crippen LogP contribution in [0.1, 0.15) is 20.3 Å². The predicted octanol–water partition coefficient (Wildman–Crippen LogP) is 1.54. The topological polar surface area (TPSA) is 17.1 Å². The molecule has 1 aliphatic rings. The molecule has 0 bridgehead atoms. The summed E-state index contributed by atoms with van der Waals surface area (Å²) in [5.41, 5.74) is 0. The minimum Gasteiger partial charge on any atom is -0.299 e. The fourth-order valence-corrected chi connectivity index (χ4v) is 0.513. The number of ketones is 1. The van der Waals surface area contributed by atoms with Gasteiger partial charge in [-0.3, -0.25) is 4.79 Å². The van der Waals surface area contributed by atoms with Crippen LogP contribution in [0.5, 0.6) is 0 Å². The maximum Gasteiger partial charge on any atom is 0.140 e. The van der Waals surface area contributed by atoms with Crippen molar-refractivity contribution in [3.05, 3.63) is 12.2 Å². The Kier molecular flexibility index (Phi) is 2.34. The lowest BCUT2D eigenvalue weighted by molar-refractivity contribution is -0.116. The first kappa shape index (κ1) is 6.41. The van der Waals surface area contributed by atoms with Crippen LogP contribution < -0.4 is 0 Å². The second kappa shape index (κ2) is 2.56. The van der Waals surface area contributed by atoms with E-state index in [1.165, 1.54) is 0 Å². The van der Waals surface area contributed by atoms with Crippen LogP contribution in [-0.4, -0.2) is 5.78 Å². The van der Waals surface area contributed by atoms with Gasteiger partial charge in [0.2, 0.25) is 0 Å². The van der Waals surface area contributed by atoms with Crippen molar-refractivity contribution in [2.45, 2.75) is 20.3 Å². The van der Waals surface area contributed by atoms with E-state index in [1.807, 2.05) is 12.2 Å². The molecule has 0 unspecified atom stereocenters. The Morgan fingerprint density at radius 1 is 1.29 bits per heavy atom. The Labute approximate surface area is 44.0 Å². The van der Waals surface area contributed by atoms with Crippen LogP contribution in [0.2, 0.25) is 0 Å². The standard InChI is InChI=1S/C5H6O.CH4/c6-5-3-1-2-4-5;/h1-2H,3-4H2;1H4. The molecule has 1 aliphatic carbocycles. The Morgan fingerprint density at radius 3 is 1.86 bits per heavy atom. The van der Waals surface area contributed by atoms with E-state index < -0.39 is 0 Å². The average molecular weight is 98.1 g/mol. The third-order valence-corrected chi connectivity index (χ3v) is 0.858. The number of carbonyl (C=O) groups is 1. The average Bonchev–Trinajstić information content (AvgIpc) is 1.86. The normalized spacial score (nSPS) is 16.9. The molecule has 0 aromatic rings. The van der Waals surface area contributed by atoms with Crippen LogP contribution in [0.25, 0.3) is 0 Å². The zero-order valence-electron chi connectivity index (χ0n) is 3.48. The van der Waals surface area contributed by atoms with E-state index in [4.69, 9.17) is 0 Å². The highest BCUT2D eigenvalue weighted by Gasteiger charge is 1.99. The van der Waals surface area contributed by atoms with E-state index >= 15 is 0 Å². The summed E-state index contributed by atoms with van der Waals surface area (Å²) in [5, 5.41) is 0. The van der Waals surface area contributed by atoms with Crippen LogP contribution in [0.4, 0.5) is 0 Å². The highest BCUT2D eigenvalue weighted by Crippen LogP contribution is 2.00. The van der Waals surface area contributed by atoms with Gasteiger partial charge in [0.1, 0.15) is 5.78 Å². The van der Waals surface area contributed by atoms with Crippen molar-refractivity contribution in [3.8, 4) is 0 Å². The Hall–Kier alpha value is -0.590. The summed E-state index contributed by atoms with van der Waals surface area (Å²) in [4.78, 5) is 10.2. The predicted molar refractivity (Wildman–Crippen MR) is 30.1 cm³/mol. The highest BCUT2D eigenvalue weighted by atomic mass is 16.1. The van der Waals surface area contributed by atoms with Crippen LogP contribution in [0, 0.1) is 0 Å². The van der Waals surface area contributed by atoms with Crippen LogP contribution in [0.3, 0.4) is 0 Å². The van der Waals surface area contributed by atoms with Gasteiger partial charge in [0.25, 0.3) is 0 Å². The number of Topliss-reactive ketones (excluding diaryl/α,β-unsaturated/α-hetero) is 1. The van der Waals surface area contributed by atoms with Gasteiger partial charge in [-0.15, -0.1) is 0 Å². The van der Waals surface area contributed by atoms with Gasteiger partial charge in [-0.2, -0.15) is 0 Å². The summed E-state index contributed by atoms with van der Waals surface area (Å²) >= 11 is 0. The zero-order chi connectivity index (χ0) is 4.41. The third-order valence-electron chi connectivity index (χ3n) is 0.858. The van der Waals surface area contributed by atoms with Crippen molar-refractivity contribution >= 4 is 5.78 Å². The van der Waals surface area contributed by atoms with Crippen molar-refractivity contribution in [1.82, 2.24) is 0 Å². The summed E-state index contributed by atoms with van der Waals surface area (Å²) in [6, 6.07) is 0. The minimum atomic E-state index is 0. The summed E-state index contributed by atoms with van der Waals surface area (Å²) in [5.74, 6) is 0.343. The van der Waals surface area contributed by atoms with Gasteiger partial charge in [-0.05, 0) is 0 Å². The Bertz CT molecular complexity index is 82.4. The van der Waals surface area contributed by atoms with E-state index in [2.05, 4.69) is 0 Å². The molecule has 1 rings (SSSR count). The molecule has 1 nitrogen and oxygen atoms in total. The molecule has 0 saturated carbocycles. The Balaban J connectivity index is 0.000000360. The molecule has 0 fully saturated rings. The lowest BCUT2D eigenvalue weighted by Gasteiger charge is -1.72. The van der Waals surface area contributed by atoms with Crippen molar-refractivity contribution < 1.29 is 4.79 Å². The first-order chi connectivity index (χ1) is 2.89. The molecule has 0 aromatic carbocycles. The smallest absolute Gasteiger partial charge is 0.140 e. The van der Waals surface area contributed by atoms with E-state index in [9.17, 15) is 4.79 Å². The first-order valence-electron chi connectivity index (χ1n) is 2.06. The van der Waals surface area contributed by atoms with Crippen LogP contribution >= 0.6 is 0 Å². The molecule has 1 heteroatoms. The van der Waals surface area contributed by atoms with Gasteiger partial charge >= 0.3 is 0 Å². The van der Waals surface area contributed by atoms with Gasteiger partial charge in [0.05, 0.1) is 0 Å². The molecule has 0 aromatic heterocycles. The van der Waals surface area contributed by atoms with E-state index in [-0.39, 0.29) is 7.43 Å². The molecule has 0 atom stereocenters. The van der Waals surface area contributed by atoms with Crippen molar-refractivity contribution in [2.75, 3.05) is 0 Å². The van der Waals surface area contributed by atoms with Gasteiger partial charge < -0.3 is 0 Å². The van der Waals surface area contributed by atoms with E-state index in [0.717, 1.165) is 0 Å². The molecule has 0 saturated heterocycles. The summed E-state index contributed by atoms with van der Waals surface area (Å²) in [7, 11) is 0. The lowest BCUT2D eigenvalue weighted by atomic mass is 10.3. The lowest BCUT2D eigenvalue weighted by Crippen LogP contribution is -1.83. The van der Waals surface area contributed by atoms with Gasteiger partial charge in [-0.25, -0.2) is 0 Å². The highest BCUT2D eigenvalue weighted by molar-refractivity contribution is 5.83. The molecule has 0 aliphatic heterocycles. The number of allylic oxidation sites excluding steroid dienone is 2. The summed E-state index contributed by atoms with van der Waals surface area (Å²) in [6.45, 7) is 0. The van der Waals surface area contributed by atoms with Crippen molar-refractivity contribution in [1.29, 1.82) is 0 Å². The fourth-order valence-electron chi connectivity index (χ4n) is 0.513. The van der Waals surface area contributed by atoms with Gasteiger partial charge in [0.15, 0.2) is 0 Å². The largest absolute Gasteiger partial charge is 0.299 e. The maximum atomic E-state index is 10.2. The van der Waals surface area contributed by atoms with Gasteiger partial charge in [-0.1, -0.05) is 19.6 Å². The second-order valence-electron chi connectivity index (χ2n) is 1.42. The molecular formula is C6H10O. The molecule has 0 heterocycles. The fraction of sp³-hybridized carbons (Fsp3) is 0.500.